The Kier molecular flexibility index (Phi) is 5.33. The summed E-state index contributed by atoms with van der Waals surface area (Å²) in [6.45, 7) is 1.04. The molecule has 0 bridgehead atoms. The van der Waals surface area contributed by atoms with E-state index in [4.69, 9.17) is 4.74 Å². The fraction of sp³-hybridized carbons (Fsp3) is 0.391. The largest absolute Gasteiger partial charge is 0.497 e. The lowest BCUT2D eigenvalue weighted by Gasteiger charge is -2.18. The Labute approximate surface area is 165 Å². The molecule has 2 aromatic rings. The van der Waals surface area contributed by atoms with E-state index in [0.29, 0.717) is 25.6 Å². The van der Waals surface area contributed by atoms with Crippen LogP contribution in [0.1, 0.15) is 29.9 Å². The van der Waals surface area contributed by atoms with Crippen LogP contribution in [0.2, 0.25) is 0 Å². The first-order valence-corrected chi connectivity index (χ1v) is 9.90. The molecule has 2 amide bonds. The van der Waals surface area contributed by atoms with Crippen LogP contribution in [0.4, 0.5) is 0 Å². The maximum absolute atomic E-state index is 12.9. The molecule has 0 aromatic heterocycles. The Morgan fingerprint density at radius 3 is 2.39 bits per heavy atom. The highest BCUT2D eigenvalue weighted by Gasteiger charge is 2.41. The summed E-state index contributed by atoms with van der Waals surface area (Å²) in [4.78, 5) is 27.6. The Balaban J connectivity index is 1.51. The van der Waals surface area contributed by atoms with Crippen molar-refractivity contribution in [3.05, 3.63) is 65.7 Å². The van der Waals surface area contributed by atoms with Crippen molar-refractivity contribution >= 4 is 11.8 Å². The maximum Gasteiger partial charge on any atom is 0.227 e. The molecular formula is C23H26N2O3. The van der Waals surface area contributed by atoms with Crippen LogP contribution in [0.3, 0.4) is 0 Å². The fourth-order valence-electron chi connectivity index (χ4n) is 3.88. The first-order valence-electron chi connectivity index (χ1n) is 9.90. The molecule has 5 nitrogen and oxygen atoms in total. The van der Waals surface area contributed by atoms with Crippen molar-refractivity contribution in [2.24, 2.45) is 5.92 Å². The van der Waals surface area contributed by atoms with Crippen LogP contribution in [-0.2, 0) is 16.0 Å². The minimum atomic E-state index is -0.214. The van der Waals surface area contributed by atoms with Gasteiger partial charge in [0.1, 0.15) is 5.75 Å². The minimum absolute atomic E-state index is 0.00406. The van der Waals surface area contributed by atoms with Crippen molar-refractivity contribution in [3.63, 3.8) is 0 Å². The highest BCUT2D eigenvalue weighted by atomic mass is 16.5. The summed E-state index contributed by atoms with van der Waals surface area (Å²) in [6.07, 6.45) is 2.48. The van der Waals surface area contributed by atoms with E-state index in [2.05, 4.69) is 5.32 Å². The van der Waals surface area contributed by atoms with Crippen molar-refractivity contribution < 1.29 is 14.3 Å². The van der Waals surface area contributed by atoms with Gasteiger partial charge in [-0.05, 0) is 36.1 Å². The second kappa shape index (κ2) is 8.05. The van der Waals surface area contributed by atoms with E-state index in [1.54, 1.807) is 7.11 Å². The fourth-order valence-corrected chi connectivity index (χ4v) is 3.88. The van der Waals surface area contributed by atoms with Gasteiger partial charge in [-0.25, -0.2) is 0 Å². The lowest BCUT2D eigenvalue weighted by atomic mass is 9.88. The summed E-state index contributed by atoms with van der Waals surface area (Å²) in [5, 5.41) is 3.13. The van der Waals surface area contributed by atoms with Gasteiger partial charge in [-0.1, -0.05) is 42.5 Å². The molecular weight excluding hydrogens is 352 g/mol. The molecule has 28 heavy (non-hydrogen) atoms. The summed E-state index contributed by atoms with van der Waals surface area (Å²) in [5.41, 5.74) is 2.08. The molecule has 2 unspecified atom stereocenters. The van der Waals surface area contributed by atoms with Gasteiger partial charge in [0.25, 0.3) is 0 Å². The SMILES string of the molecule is COc1ccc(C2CN(C(=O)Cc3ccccc3)CC2C(=O)NC2CC2)cc1. The topological polar surface area (TPSA) is 58.6 Å². The van der Waals surface area contributed by atoms with E-state index in [1.807, 2.05) is 59.5 Å². The van der Waals surface area contributed by atoms with Gasteiger partial charge in [-0.15, -0.1) is 0 Å². The van der Waals surface area contributed by atoms with Crippen LogP contribution in [0.25, 0.3) is 0 Å². The van der Waals surface area contributed by atoms with E-state index in [9.17, 15) is 9.59 Å². The zero-order chi connectivity index (χ0) is 19.5. The molecule has 2 aliphatic rings. The van der Waals surface area contributed by atoms with E-state index in [-0.39, 0.29) is 23.7 Å². The van der Waals surface area contributed by atoms with Crippen LogP contribution in [0, 0.1) is 5.92 Å². The van der Waals surface area contributed by atoms with Crippen molar-refractivity contribution in [3.8, 4) is 5.75 Å². The lowest BCUT2D eigenvalue weighted by molar-refractivity contribution is -0.130. The number of amides is 2. The number of hydrogen-bond acceptors (Lipinski definition) is 3. The van der Waals surface area contributed by atoms with Gasteiger partial charge in [0.15, 0.2) is 0 Å². The first kappa shape index (κ1) is 18.5. The number of nitrogens with one attached hydrogen (secondary N) is 1. The number of methoxy groups -OCH3 is 1. The van der Waals surface area contributed by atoms with Crippen LogP contribution in [0.15, 0.2) is 54.6 Å². The maximum atomic E-state index is 12.9. The van der Waals surface area contributed by atoms with Crippen LogP contribution in [-0.4, -0.2) is 43.0 Å². The number of benzene rings is 2. The Bertz CT molecular complexity index is 831. The summed E-state index contributed by atoms with van der Waals surface area (Å²) in [5.74, 6) is 0.723. The minimum Gasteiger partial charge on any atom is -0.497 e. The van der Waals surface area contributed by atoms with E-state index in [1.165, 1.54) is 0 Å². The predicted octanol–water partition coefficient (Wildman–Crippen LogP) is 2.76. The van der Waals surface area contributed by atoms with E-state index in [0.717, 1.165) is 29.7 Å². The van der Waals surface area contributed by atoms with E-state index >= 15 is 0 Å². The molecule has 2 aromatic carbocycles. The molecule has 0 radical (unpaired) electrons. The molecule has 5 heteroatoms. The summed E-state index contributed by atoms with van der Waals surface area (Å²) in [7, 11) is 1.64. The second-order valence-corrected chi connectivity index (χ2v) is 7.73. The van der Waals surface area contributed by atoms with E-state index < -0.39 is 0 Å². The number of rotatable bonds is 6. The molecule has 2 atom stereocenters. The Morgan fingerprint density at radius 1 is 1.04 bits per heavy atom. The van der Waals surface area contributed by atoms with Crippen molar-refractivity contribution in [2.45, 2.75) is 31.2 Å². The molecule has 146 valence electrons. The van der Waals surface area contributed by atoms with Gasteiger partial charge in [0, 0.05) is 25.0 Å². The second-order valence-electron chi connectivity index (χ2n) is 7.73. The molecule has 4 rings (SSSR count). The number of likely N-dealkylation sites (tertiary alicyclic amines) is 1. The molecule has 1 heterocycles. The first-order chi connectivity index (χ1) is 13.6. The normalized spacial score (nSPS) is 21.4. The highest BCUT2D eigenvalue weighted by molar-refractivity contribution is 5.84. The number of hydrogen-bond donors (Lipinski definition) is 1. The average Bonchev–Trinajstić information content (AvgIpc) is 3.42. The summed E-state index contributed by atoms with van der Waals surface area (Å²) < 4.78 is 5.25. The lowest BCUT2D eigenvalue weighted by Crippen LogP contribution is -2.37. The molecule has 1 saturated carbocycles. The monoisotopic (exact) mass is 378 g/mol. The zero-order valence-corrected chi connectivity index (χ0v) is 16.1. The van der Waals surface area contributed by atoms with Crippen molar-refractivity contribution in [1.82, 2.24) is 10.2 Å². The molecule has 2 fully saturated rings. The smallest absolute Gasteiger partial charge is 0.227 e. The van der Waals surface area contributed by atoms with Crippen LogP contribution >= 0.6 is 0 Å². The highest BCUT2D eigenvalue weighted by Crippen LogP contribution is 2.35. The Morgan fingerprint density at radius 2 is 1.75 bits per heavy atom. The van der Waals surface area contributed by atoms with Crippen LogP contribution < -0.4 is 10.1 Å². The predicted molar refractivity (Wildman–Crippen MR) is 107 cm³/mol. The van der Waals surface area contributed by atoms with Gasteiger partial charge < -0.3 is 15.0 Å². The van der Waals surface area contributed by atoms with Gasteiger partial charge in [0.05, 0.1) is 19.4 Å². The number of carbonyl (C=O) groups excluding carboxylic acids is 2. The molecule has 1 N–H and O–H groups in total. The number of nitrogens with zero attached hydrogens (tertiary/aromatic N) is 1. The molecule has 1 aliphatic heterocycles. The van der Waals surface area contributed by atoms with Gasteiger partial charge in [0.2, 0.25) is 11.8 Å². The third-order valence-electron chi connectivity index (χ3n) is 5.68. The average molecular weight is 378 g/mol. The zero-order valence-electron chi connectivity index (χ0n) is 16.1. The summed E-state index contributed by atoms with van der Waals surface area (Å²) >= 11 is 0. The van der Waals surface area contributed by atoms with Gasteiger partial charge in [-0.3, -0.25) is 9.59 Å². The quantitative estimate of drug-likeness (QED) is 0.841. The number of carbonyl (C=O) groups is 2. The van der Waals surface area contributed by atoms with Crippen LogP contribution in [0.5, 0.6) is 5.75 Å². The van der Waals surface area contributed by atoms with Crippen molar-refractivity contribution in [1.29, 1.82) is 0 Å². The third kappa shape index (κ3) is 4.19. The molecule has 0 spiro atoms. The Hall–Kier alpha value is -2.82. The third-order valence-corrected chi connectivity index (χ3v) is 5.68. The molecule has 1 saturated heterocycles. The number of ether oxygens (including phenoxy) is 1. The standard InChI is InChI=1S/C23H26N2O3/c1-28-19-11-7-17(8-12-19)20-14-25(15-21(20)23(27)24-18-9-10-18)22(26)13-16-5-3-2-4-6-16/h2-8,11-12,18,20-21H,9-10,13-15H2,1H3,(H,24,27). The van der Waals surface area contributed by atoms with Crippen molar-refractivity contribution in [2.75, 3.05) is 20.2 Å². The molecule has 1 aliphatic carbocycles. The van der Waals surface area contributed by atoms with Gasteiger partial charge >= 0.3 is 0 Å². The summed E-state index contributed by atoms with van der Waals surface area (Å²) in [6, 6.07) is 17.9. The van der Waals surface area contributed by atoms with Gasteiger partial charge in [-0.2, -0.15) is 0 Å².